The molecule has 156 valence electrons. The first kappa shape index (κ1) is 20.6. The Morgan fingerprint density at radius 3 is 2.41 bits per heavy atom. The van der Waals surface area contributed by atoms with Gasteiger partial charge in [-0.25, -0.2) is 4.52 Å². The highest BCUT2D eigenvalue weighted by atomic mass is 32.2. The lowest BCUT2D eigenvalue weighted by atomic mass is 10.1. The van der Waals surface area contributed by atoms with E-state index in [0.717, 1.165) is 12.8 Å². The Hall–Kier alpha value is -3.09. The molecule has 29 heavy (non-hydrogen) atoms. The SMILES string of the molecule is Cn1cc(-c2cc(OS(=O)(=O)C(F)(F)F)c3ccnn3c2)cn1.NC(=O)C1CC1. The third kappa shape index (κ3) is 4.67. The largest absolute Gasteiger partial charge is 0.534 e. The van der Waals surface area contributed by atoms with Crippen LogP contribution in [-0.2, 0) is 22.0 Å². The normalized spacial score (nSPS) is 14.3. The fraction of sp³-hybridized carbons (Fsp3) is 0.312. The Kier molecular flexibility index (Phi) is 5.26. The lowest BCUT2D eigenvalue weighted by molar-refractivity contribution is -0.119. The van der Waals surface area contributed by atoms with Gasteiger partial charge in [0.15, 0.2) is 5.75 Å². The summed E-state index contributed by atoms with van der Waals surface area (Å²) in [7, 11) is -4.11. The summed E-state index contributed by atoms with van der Waals surface area (Å²) in [5, 5.41) is 7.85. The monoisotopic (exact) mass is 431 g/mol. The summed E-state index contributed by atoms with van der Waals surface area (Å²) in [6.45, 7) is 0. The number of alkyl halides is 3. The minimum atomic E-state index is -5.78. The molecule has 1 aliphatic rings. The Morgan fingerprint density at radius 1 is 1.24 bits per heavy atom. The van der Waals surface area contributed by atoms with Crippen LogP contribution in [0.4, 0.5) is 13.2 Å². The quantitative estimate of drug-likeness (QED) is 0.497. The van der Waals surface area contributed by atoms with E-state index in [0.29, 0.717) is 11.1 Å². The first-order valence-corrected chi connectivity index (χ1v) is 9.65. The molecule has 13 heteroatoms. The van der Waals surface area contributed by atoms with Crippen molar-refractivity contribution in [2.45, 2.75) is 18.3 Å². The third-order valence-electron chi connectivity index (χ3n) is 3.97. The molecule has 0 saturated heterocycles. The average molecular weight is 431 g/mol. The van der Waals surface area contributed by atoms with Crippen LogP contribution in [0, 0.1) is 5.92 Å². The van der Waals surface area contributed by atoms with Gasteiger partial charge in [-0.2, -0.15) is 31.8 Å². The first-order chi connectivity index (χ1) is 13.5. The van der Waals surface area contributed by atoms with Crippen molar-refractivity contribution in [3.8, 4) is 16.9 Å². The van der Waals surface area contributed by atoms with Crippen LogP contribution in [0.25, 0.3) is 16.6 Å². The molecule has 1 amide bonds. The summed E-state index contributed by atoms with van der Waals surface area (Å²) in [5.41, 5.74) is 0.401. The standard InChI is InChI=1S/C12H9F3N4O3S.C4H7NO/c1-18-6-9(5-17-18)8-4-11(10-2-3-16-19(10)7-8)22-23(20,21)12(13,14)15;5-4(6)3-1-2-3/h2-7H,1H3;3H,1-2H2,(H2,5,6). The highest BCUT2D eigenvalue weighted by Crippen LogP contribution is 2.32. The molecular formula is C16H16F3N5O4S. The van der Waals surface area contributed by atoms with Crippen molar-refractivity contribution in [1.82, 2.24) is 19.4 Å². The molecule has 1 fully saturated rings. The Labute approximate surface area is 163 Å². The minimum absolute atomic E-state index is 0.0884. The Bertz CT molecular complexity index is 1150. The van der Waals surface area contributed by atoms with Crippen LogP contribution in [0.1, 0.15) is 12.8 Å². The van der Waals surface area contributed by atoms with Gasteiger partial charge in [0, 0.05) is 36.5 Å². The molecule has 0 aliphatic heterocycles. The smallest absolute Gasteiger partial charge is 0.374 e. The topological polar surface area (TPSA) is 122 Å². The Balaban J connectivity index is 0.000000343. The maximum Gasteiger partial charge on any atom is 0.534 e. The van der Waals surface area contributed by atoms with Gasteiger partial charge in [0.1, 0.15) is 5.52 Å². The van der Waals surface area contributed by atoms with Crippen molar-refractivity contribution in [3.05, 3.63) is 36.9 Å². The summed E-state index contributed by atoms with van der Waals surface area (Å²) in [6.07, 6.45) is 7.99. The van der Waals surface area contributed by atoms with E-state index in [1.807, 2.05) is 0 Å². The number of pyridine rings is 1. The summed E-state index contributed by atoms with van der Waals surface area (Å²) in [4.78, 5) is 9.98. The van der Waals surface area contributed by atoms with E-state index in [-0.39, 0.29) is 17.3 Å². The van der Waals surface area contributed by atoms with Crippen LogP contribution in [-0.4, -0.2) is 39.2 Å². The molecule has 0 bridgehead atoms. The van der Waals surface area contributed by atoms with Gasteiger partial charge >= 0.3 is 15.6 Å². The number of carbonyl (C=O) groups is 1. The average Bonchev–Trinajstić information content (AvgIpc) is 3.21. The van der Waals surface area contributed by atoms with Gasteiger partial charge in [0.05, 0.1) is 12.4 Å². The zero-order valence-electron chi connectivity index (χ0n) is 15.0. The maximum atomic E-state index is 12.5. The van der Waals surface area contributed by atoms with Crippen molar-refractivity contribution in [2.75, 3.05) is 0 Å². The number of rotatable bonds is 4. The van der Waals surface area contributed by atoms with Crippen molar-refractivity contribution >= 4 is 21.5 Å². The van der Waals surface area contributed by atoms with E-state index in [4.69, 9.17) is 5.73 Å². The highest BCUT2D eigenvalue weighted by molar-refractivity contribution is 7.88. The number of carbonyl (C=O) groups excluding carboxylic acids is 1. The number of nitrogens with zero attached hydrogens (tertiary/aromatic N) is 4. The van der Waals surface area contributed by atoms with Gasteiger partial charge < -0.3 is 9.92 Å². The molecule has 3 aromatic heterocycles. The summed E-state index contributed by atoms with van der Waals surface area (Å²) in [5.74, 6) is -0.360. The number of halogens is 3. The van der Waals surface area contributed by atoms with Crippen LogP contribution in [0.15, 0.2) is 36.9 Å². The van der Waals surface area contributed by atoms with Gasteiger partial charge in [0.25, 0.3) is 0 Å². The zero-order valence-corrected chi connectivity index (χ0v) is 15.8. The molecule has 0 aromatic carbocycles. The number of hydrogen-bond donors (Lipinski definition) is 1. The second-order valence-corrected chi connectivity index (χ2v) is 7.85. The number of hydrogen-bond acceptors (Lipinski definition) is 6. The number of amides is 1. The fourth-order valence-electron chi connectivity index (χ4n) is 2.32. The van der Waals surface area contributed by atoms with Crippen molar-refractivity contribution in [2.24, 2.45) is 18.7 Å². The molecule has 4 rings (SSSR count). The summed E-state index contributed by atoms with van der Waals surface area (Å²) in [6, 6.07) is 2.53. The molecule has 0 radical (unpaired) electrons. The lowest BCUT2D eigenvalue weighted by Gasteiger charge is -2.11. The molecule has 3 aromatic rings. The fourth-order valence-corrected chi connectivity index (χ4v) is 2.79. The molecule has 0 atom stereocenters. The zero-order chi connectivity index (χ0) is 21.4. The van der Waals surface area contributed by atoms with Gasteiger partial charge in [-0.1, -0.05) is 0 Å². The van der Waals surface area contributed by atoms with Gasteiger partial charge in [-0.15, -0.1) is 0 Å². The molecule has 1 saturated carbocycles. The predicted molar refractivity (Wildman–Crippen MR) is 94.9 cm³/mol. The Morgan fingerprint density at radius 2 is 1.93 bits per heavy atom. The van der Waals surface area contributed by atoms with E-state index in [1.54, 1.807) is 13.2 Å². The first-order valence-electron chi connectivity index (χ1n) is 8.24. The molecule has 2 N–H and O–H groups in total. The van der Waals surface area contributed by atoms with E-state index in [1.165, 1.54) is 39.9 Å². The lowest BCUT2D eigenvalue weighted by Crippen LogP contribution is -2.28. The van der Waals surface area contributed by atoms with Crippen LogP contribution < -0.4 is 9.92 Å². The molecule has 9 nitrogen and oxygen atoms in total. The van der Waals surface area contributed by atoms with Crippen LogP contribution >= 0.6 is 0 Å². The molecule has 3 heterocycles. The van der Waals surface area contributed by atoms with Crippen LogP contribution in [0.2, 0.25) is 0 Å². The van der Waals surface area contributed by atoms with Crippen LogP contribution in [0.3, 0.4) is 0 Å². The van der Waals surface area contributed by atoms with Crippen molar-refractivity contribution < 1.29 is 30.6 Å². The highest BCUT2D eigenvalue weighted by Gasteiger charge is 2.48. The second kappa shape index (κ2) is 7.39. The third-order valence-corrected chi connectivity index (χ3v) is 4.94. The molecule has 0 unspecified atom stereocenters. The minimum Gasteiger partial charge on any atom is -0.374 e. The molecular weight excluding hydrogens is 415 g/mol. The number of primary amides is 1. The van der Waals surface area contributed by atoms with E-state index in [2.05, 4.69) is 14.4 Å². The van der Waals surface area contributed by atoms with Crippen LogP contribution in [0.5, 0.6) is 5.75 Å². The second-order valence-electron chi connectivity index (χ2n) is 6.32. The number of fused-ring (bicyclic) bond motifs is 1. The van der Waals surface area contributed by atoms with E-state index < -0.39 is 21.4 Å². The van der Waals surface area contributed by atoms with E-state index >= 15 is 0 Å². The van der Waals surface area contributed by atoms with Crippen molar-refractivity contribution in [3.63, 3.8) is 0 Å². The molecule has 1 aliphatic carbocycles. The van der Waals surface area contributed by atoms with Gasteiger partial charge in [-0.05, 0) is 25.0 Å². The molecule has 0 spiro atoms. The maximum absolute atomic E-state index is 12.5. The van der Waals surface area contributed by atoms with Gasteiger partial charge in [-0.3, -0.25) is 9.48 Å². The number of aromatic nitrogens is 4. The predicted octanol–water partition coefficient (Wildman–Crippen LogP) is 1.84. The number of aryl methyl sites for hydroxylation is 1. The van der Waals surface area contributed by atoms with Gasteiger partial charge in [0.2, 0.25) is 5.91 Å². The summed E-state index contributed by atoms with van der Waals surface area (Å²) >= 11 is 0. The van der Waals surface area contributed by atoms with E-state index in [9.17, 15) is 26.4 Å². The number of nitrogens with two attached hydrogens (primary N) is 1. The van der Waals surface area contributed by atoms with Crippen molar-refractivity contribution in [1.29, 1.82) is 0 Å². The summed E-state index contributed by atoms with van der Waals surface area (Å²) < 4.78 is 67.0.